The Labute approximate surface area is 134 Å². The summed E-state index contributed by atoms with van der Waals surface area (Å²) < 4.78 is 5.90. The first-order chi connectivity index (χ1) is 11.2. The molecule has 1 aromatic carbocycles. The van der Waals surface area contributed by atoms with Crippen LogP contribution >= 0.6 is 0 Å². The molecule has 2 amide bonds. The molecule has 1 aromatic heterocycles. The number of benzene rings is 1. The van der Waals surface area contributed by atoms with Crippen molar-refractivity contribution in [3.8, 4) is 5.75 Å². The number of anilines is 1. The van der Waals surface area contributed by atoms with Crippen molar-refractivity contribution in [1.82, 2.24) is 20.5 Å². The van der Waals surface area contributed by atoms with Gasteiger partial charge in [0.15, 0.2) is 0 Å². The maximum absolute atomic E-state index is 12.0. The highest BCUT2D eigenvalue weighted by Gasteiger charge is 2.16. The minimum absolute atomic E-state index is 0.248. The second-order valence-electron chi connectivity index (χ2n) is 5.74. The van der Waals surface area contributed by atoms with Crippen molar-refractivity contribution < 1.29 is 9.53 Å². The van der Waals surface area contributed by atoms with Gasteiger partial charge >= 0.3 is 6.03 Å². The molecule has 3 N–H and O–H groups in total. The van der Waals surface area contributed by atoms with E-state index in [-0.39, 0.29) is 12.1 Å². The van der Waals surface area contributed by atoms with Crippen LogP contribution in [0.3, 0.4) is 0 Å². The van der Waals surface area contributed by atoms with Crippen LogP contribution in [0.2, 0.25) is 0 Å². The molecule has 0 saturated heterocycles. The zero-order chi connectivity index (χ0) is 16.1. The molecule has 122 valence electrons. The Morgan fingerprint density at radius 1 is 1.30 bits per heavy atom. The molecule has 7 nitrogen and oxygen atoms in total. The predicted molar refractivity (Wildman–Crippen MR) is 86.3 cm³/mol. The summed E-state index contributed by atoms with van der Waals surface area (Å²) in [5.74, 6) is 1.46. The number of rotatable bonds is 5. The number of hydrogen-bond donors (Lipinski definition) is 3. The van der Waals surface area contributed by atoms with Crippen LogP contribution in [0.1, 0.15) is 44.5 Å². The number of carbonyl (C=O) groups is 1. The second-order valence-corrected chi connectivity index (χ2v) is 5.74. The first-order valence-corrected chi connectivity index (χ1v) is 7.90. The maximum Gasteiger partial charge on any atom is 0.319 e. The topological polar surface area (TPSA) is 91.9 Å². The van der Waals surface area contributed by atoms with Crippen molar-refractivity contribution in [2.24, 2.45) is 0 Å². The van der Waals surface area contributed by atoms with Gasteiger partial charge in [0.1, 0.15) is 17.9 Å². The molecule has 0 radical (unpaired) electrons. The predicted octanol–water partition coefficient (Wildman–Crippen LogP) is 3.01. The smallest absolute Gasteiger partial charge is 0.319 e. The van der Waals surface area contributed by atoms with Gasteiger partial charge in [-0.25, -0.2) is 9.78 Å². The van der Waals surface area contributed by atoms with Crippen LogP contribution in [0.15, 0.2) is 30.6 Å². The van der Waals surface area contributed by atoms with E-state index in [0.717, 1.165) is 18.6 Å². The van der Waals surface area contributed by atoms with Crippen molar-refractivity contribution >= 4 is 11.7 Å². The second kappa shape index (κ2) is 7.13. The van der Waals surface area contributed by atoms with Gasteiger partial charge in [-0.2, -0.15) is 5.10 Å². The van der Waals surface area contributed by atoms with Crippen LogP contribution in [-0.2, 0) is 0 Å². The van der Waals surface area contributed by atoms with Crippen molar-refractivity contribution in [2.75, 3.05) is 5.32 Å². The van der Waals surface area contributed by atoms with Crippen LogP contribution in [-0.4, -0.2) is 27.3 Å². The molecule has 0 unspecified atom stereocenters. The number of nitrogens with one attached hydrogen (secondary N) is 3. The summed E-state index contributed by atoms with van der Waals surface area (Å²) >= 11 is 0. The molecule has 1 aliphatic rings. The van der Waals surface area contributed by atoms with E-state index < -0.39 is 0 Å². The Morgan fingerprint density at radius 2 is 2.04 bits per heavy atom. The van der Waals surface area contributed by atoms with Crippen molar-refractivity contribution in [3.05, 3.63) is 36.4 Å². The standard InChI is InChI=1S/C16H21N5O2/c1-11(15-17-10-18-21-15)19-16(22)20-12-6-8-14(9-7-12)23-13-4-2-3-5-13/h6-11,13H,2-5H2,1H3,(H,17,18,21)(H2,19,20,22)/t11-/m0/s1. The third-order valence-corrected chi connectivity index (χ3v) is 3.91. The number of urea groups is 1. The molecule has 3 rings (SSSR count). The highest BCUT2D eigenvalue weighted by atomic mass is 16.5. The average Bonchev–Trinajstić information content (AvgIpc) is 3.22. The Hall–Kier alpha value is -2.57. The molecule has 1 aliphatic carbocycles. The summed E-state index contributed by atoms with van der Waals surface area (Å²) in [6, 6.07) is 6.90. The molecule has 0 bridgehead atoms. The van der Waals surface area contributed by atoms with Crippen LogP contribution < -0.4 is 15.4 Å². The lowest BCUT2D eigenvalue weighted by atomic mass is 10.2. The third-order valence-electron chi connectivity index (χ3n) is 3.91. The SMILES string of the molecule is C[C@H](NC(=O)Nc1ccc(OC2CCCC2)cc1)c1ncn[nH]1. The van der Waals surface area contributed by atoms with Gasteiger partial charge in [-0.05, 0) is 56.9 Å². The quantitative estimate of drug-likeness (QED) is 0.791. The molecule has 7 heteroatoms. The average molecular weight is 315 g/mol. The van der Waals surface area contributed by atoms with Crippen molar-refractivity contribution in [3.63, 3.8) is 0 Å². The largest absolute Gasteiger partial charge is 0.490 e. The fourth-order valence-corrected chi connectivity index (χ4v) is 2.67. The lowest BCUT2D eigenvalue weighted by Gasteiger charge is -2.14. The zero-order valence-electron chi connectivity index (χ0n) is 13.1. The van der Waals surface area contributed by atoms with E-state index in [4.69, 9.17) is 4.74 Å². The van der Waals surface area contributed by atoms with Crippen molar-refractivity contribution in [2.45, 2.75) is 44.8 Å². The van der Waals surface area contributed by atoms with Gasteiger partial charge < -0.3 is 15.4 Å². The summed E-state index contributed by atoms with van der Waals surface area (Å²) in [4.78, 5) is 16.0. The minimum Gasteiger partial charge on any atom is -0.490 e. The molecule has 2 aromatic rings. The summed E-state index contributed by atoms with van der Waals surface area (Å²) in [6.45, 7) is 1.83. The van der Waals surface area contributed by atoms with E-state index >= 15 is 0 Å². The first kappa shape index (κ1) is 15.3. The highest BCUT2D eigenvalue weighted by Crippen LogP contribution is 2.25. The van der Waals surface area contributed by atoms with Crippen LogP contribution in [0.5, 0.6) is 5.75 Å². The number of H-pyrrole nitrogens is 1. The van der Waals surface area contributed by atoms with Gasteiger partial charge in [-0.15, -0.1) is 0 Å². The zero-order valence-corrected chi connectivity index (χ0v) is 13.1. The molecular formula is C16H21N5O2. The van der Waals surface area contributed by atoms with E-state index in [2.05, 4.69) is 25.8 Å². The maximum atomic E-state index is 12.0. The van der Waals surface area contributed by atoms with Crippen LogP contribution in [0.25, 0.3) is 0 Å². The lowest BCUT2D eigenvalue weighted by Crippen LogP contribution is -2.31. The Morgan fingerprint density at radius 3 is 2.70 bits per heavy atom. The summed E-state index contributed by atoms with van der Waals surface area (Å²) in [5, 5.41) is 12.1. The van der Waals surface area contributed by atoms with Gasteiger partial charge in [0, 0.05) is 5.69 Å². The van der Waals surface area contributed by atoms with E-state index in [0.29, 0.717) is 17.6 Å². The molecule has 1 atom stereocenters. The van der Waals surface area contributed by atoms with Gasteiger partial charge in [0.05, 0.1) is 12.1 Å². The molecule has 1 saturated carbocycles. The lowest BCUT2D eigenvalue weighted by molar-refractivity contribution is 0.210. The molecule has 0 aliphatic heterocycles. The molecule has 1 heterocycles. The Balaban J connectivity index is 1.50. The normalized spacial score (nSPS) is 16.0. The number of nitrogens with zero attached hydrogens (tertiary/aromatic N) is 2. The molecule has 0 spiro atoms. The fourth-order valence-electron chi connectivity index (χ4n) is 2.67. The third kappa shape index (κ3) is 4.21. The van der Waals surface area contributed by atoms with Gasteiger partial charge in [0.2, 0.25) is 0 Å². The number of hydrogen-bond acceptors (Lipinski definition) is 4. The number of aromatic amines is 1. The van der Waals surface area contributed by atoms with Gasteiger partial charge in [0.25, 0.3) is 0 Å². The summed E-state index contributed by atoms with van der Waals surface area (Å²) in [6.07, 6.45) is 6.49. The summed E-state index contributed by atoms with van der Waals surface area (Å²) in [7, 11) is 0. The molecule has 1 fully saturated rings. The Kier molecular flexibility index (Phi) is 4.75. The Bertz CT molecular complexity index is 620. The van der Waals surface area contributed by atoms with Gasteiger partial charge in [-0.1, -0.05) is 0 Å². The first-order valence-electron chi connectivity index (χ1n) is 7.90. The van der Waals surface area contributed by atoms with E-state index in [9.17, 15) is 4.79 Å². The van der Waals surface area contributed by atoms with E-state index in [1.165, 1.54) is 19.2 Å². The van der Waals surface area contributed by atoms with Crippen LogP contribution in [0.4, 0.5) is 10.5 Å². The number of ether oxygens (including phenoxy) is 1. The van der Waals surface area contributed by atoms with Gasteiger partial charge in [-0.3, -0.25) is 5.10 Å². The number of amides is 2. The van der Waals surface area contributed by atoms with Crippen LogP contribution in [0, 0.1) is 0 Å². The van der Waals surface area contributed by atoms with E-state index in [1.807, 2.05) is 31.2 Å². The summed E-state index contributed by atoms with van der Waals surface area (Å²) in [5.41, 5.74) is 0.714. The number of aromatic nitrogens is 3. The molecule has 23 heavy (non-hydrogen) atoms. The van der Waals surface area contributed by atoms with E-state index in [1.54, 1.807) is 0 Å². The number of carbonyl (C=O) groups excluding carboxylic acids is 1. The molecular weight excluding hydrogens is 294 g/mol. The monoisotopic (exact) mass is 315 g/mol. The highest BCUT2D eigenvalue weighted by molar-refractivity contribution is 5.89. The minimum atomic E-state index is -0.293. The van der Waals surface area contributed by atoms with Crippen molar-refractivity contribution in [1.29, 1.82) is 0 Å². The fraction of sp³-hybridized carbons (Fsp3) is 0.438.